The molecule has 0 aliphatic heterocycles. The zero-order valence-corrected chi connectivity index (χ0v) is 12.7. The van der Waals surface area contributed by atoms with E-state index in [9.17, 15) is 18.0 Å². The third kappa shape index (κ3) is 3.29. The molecule has 5 nitrogen and oxygen atoms in total. The van der Waals surface area contributed by atoms with E-state index in [4.69, 9.17) is 5.14 Å². The van der Waals surface area contributed by atoms with Crippen molar-refractivity contribution in [1.82, 2.24) is 0 Å². The van der Waals surface area contributed by atoms with Crippen LogP contribution in [0.5, 0.6) is 0 Å². The van der Waals surface area contributed by atoms with Crippen LogP contribution in [-0.4, -0.2) is 20.0 Å². The van der Waals surface area contributed by atoms with Gasteiger partial charge >= 0.3 is 0 Å². The number of sulfonamides is 1. The third-order valence-electron chi connectivity index (χ3n) is 3.25. The van der Waals surface area contributed by atoms with Gasteiger partial charge in [0.15, 0.2) is 16.8 Å². The number of primary sulfonamides is 1. The Hall–Kier alpha value is -2.31. The molecule has 0 amide bonds. The summed E-state index contributed by atoms with van der Waals surface area (Å²) in [6.45, 7) is 1.31. The predicted octanol–water partition coefficient (Wildman–Crippen LogP) is 2.10. The lowest BCUT2D eigenvalue weighted by Gasteiger charge is -2.17. The largest absolute Gasteiger partial charge is 0.295 e. The SMILES string of the molecule is CC(=O)c1ccccc1C(C(=O)c1ccccc1)S(N)(=O)=O. The molecule has 0 saturated heterocycles. The smallest absolute Gasteiger partial charge is 0.223 e. The van der Waals surface area contributed by atoms with Gasteiger partial charge in [0.25, 0.3) is 0 Å². The summed E-state index contributed by atoms with van der Waals surface area (Å²) in [5.41, 5.74) is 0.497. The molecule has 2 aromatic carbocycles. The Morgan fingerprint density at radius 3 is 2.05 bits per heavy atom. The van der Waals surface area contributed by atoms with E-state index >= 15 is 0 Å². The van der Waals surface area contributed by atoms with Gasteiger partial charge in [-0.15, -0.1) is 0 Å². The summed E-state index contributed by atoms with van der Waals surface area (Å²) in [6.07, 6.45) is 0. The number of benzene rings is 2. The minimum atomic E-state index is -4.22. The van der Waals surface area contributed by atoms with Gasteiger partial charge in [0, 0.05) is 11.1 Å². The first-order chi connectivity index (χ1) is 10.3. The van der Waals surface area contributed by atoms with Gasteiger partial charge in [0.1, 0.15) is 0 Å². The topological polar surface area (TPSA) is 94.3 Å². The van der Waals surface area contributed by atoms with Crippen molar-refractivity contribution in [3.05, 3.63) is 71.3 Å². The maximum Gasteiger partial charge on any atom is 0.223 e. The fraction of sp³-hybridized carbons (Fsp3) is 0.125. The van der Waals surface area contributed by atoms with Crippen molar-refractivity contribution in [1.29, 1.82) is 0 Å². The molecule has 2 rings (SSSR count). The molecule has 1 unspecified atom stereocenters. The molecule has 114 valence electrons. The normalized spacial score (nSPS) is 12.6. The average Bonchev–Trinajstić information content (AvgIpc) is 2.47. The molecule has 1 atom stereocenters. The number of nitrogens with two attached hydrogens (primary N) is 1. The number of carbonyl (C=O) groups is 2. The van der Waals surface area contributed by atoms with Gasteiger partial charge in [-0.25, -0.2) is 13.6 Å². The Morgan fingerprint density at radius 1 is 0.955 bits per heavy atom. The maximum absolute atomic E-state index is 12.6. The minimum Gasteiger partial charge on any atom is -0.295 e. The second-order valence-corrected chi connectivity index (χ2v) is 6.49. The van der Waals surface area contributed by atoms with E-state index in [0.29, 0.717) is 0 Å². The molecule has 2 aromatic rings. The van der Waals surface area contributed by atoms with Crippen molar-refractivity contribution < 1.29 is 18.0 Å². The van der Waals surface area contributed by atoms with Crippen LogP contribution in [0, 0.1) is 0 Å². The Bertz CT molecular complexity index is 813. The summed E-state index contributed by atoms with van der Waals surface area (Å²) in [5, 5.41) is 3.66. The van der Waals surface area contributed by atoms with Crippen molar-refractivity contribution in [2.24, 2.45) is 5.14 Å². The van der Waals surface area contributed by atoms with E-state index < -0.39 is 21.1 Å². The van der Waals surface area contributed by atoms with E-state index in [1.54, 1.807) is 30.3 Å². The van der Waals surface area contributed by atoms with Crippen LogP contribution in [0.25, 0.3) is 0 Å². The molecule has 2 N–H and O–H groups in total. The molecule has 0 bridgehead atoms. The Balaban J connectivity index is 2.64. The molecule has 0 aromatic heterocycles. The van der Waals surface area contributed by atoms with Crippen molar-refractivity contribution >= 4 is 21.6 Å². The van der Waals surface area contributed by atoms with E-state index in [1.165, 1.54) is 31.2 Å². The van der Waals surface area contributed by atoms with Crippen LogP contribution in [0.3, 0.4) is 0 Å². The number of ketones is 2. The molecule has 0 aliphatic carbocycles. The van der Waals surface area contributed by atoms with Gasteiger partial charge in [-0.3, -0.25) is 9.59 Å². The van der Waals surface area contributed by atoms with Crippen LogP contribution in [0.2, 0.25) is 0 Å². The van der Waals surface area contributed by atoms with Gasteiger partial charge in [-0.05, 0) is 12.5 Å². The lowest BCUT2D eigenvalue weighted by molar-refractivity contribution is 0.0986. The Labute approximate surface area is 128 Å². The van der Waals surface area contributed by atoms with Crippen LogP contribution >= 0.6 is 0 Å². The second kappa shape index (κ2) is 6.21. The highest BCUT2D eigenvalue weighted by atomic mass is 32.2. The quantitative estimate of drug-likeness (QED) is 0.854. The van der Waals surface area contributed by atoms with Gasteiger partial charge in [0.2, 0.25) is 10.0 Å². The first-order valence-corrected chi connectivity index (χ1v) is 8.14. The summed E-state index contributed by atoms with van der Waals surface area (Å²) >= 11 is 0. The predicted molar refractivity (Wildman–Crippen MR) is 83.1 cm³/mol. The lowest BCUT2D eigenvalue weighted by Crippen LogP contribution is -2.29. The Kier molecular flexibility index (Phi) is 4.54. The van der Waals surface area contributed by atoms with Gasteiger partial charge in [-0.2, -0.15) is 0 Å². The van der Waals surface area contributed by atoms with Crippen molar-refractivity contribution in [3.63, 3.8) is 0 Å². The monoisotopic (exact) mass is 317 g/mol. The van der Waals surface area contributed by atoms with Crippen molar-refractivity contribution in [2.75, 3.05) is 0 Å². The molecule has 0 heterocycles. The molecule has 0 saturated carbocycles. The highest BCUT2D eigenvalue weighted by molar-refractivity contribution is 7.90. The van der Waals surface area contributed by atoms with Crippen LogP contribution in [0.1, 0.15) is 38.5 Å². The summed E-state index contributed by atoms with van der Waals surface area (Å²) in [6, 6.07) is 14.1. The molecule has 0 spiro atoms. The van der Waals surface area contributed by atoms with Crippen LogP contribution in [0.15, 0.2) is 54.6 Å². The molecule has 0 aliphatic rings. The molecule has 0 radical (unpaired) electrons. The zero-order valence-electron chi connectivity index (χ0n) is 11.9. The summed E-state index contributed by atoms with van der Waals surface area (Å²) in [5.74, 6) is -0.984. The van der Waals surface area contributed by atoms with Crippen LogP contribution < -0.4 is 5.14 Å². The van der Waals surface area contributed by atoms with E-state index in [0.717, 1.165) is 0 Å². The molecule has 6 heteroatoms. The first kappa shape index (κ1) is 16.1. The standard InChI is InChI=1S/C16H15NO4S/c1-11(18)13-9-5-6-10-14(13)16(22(17,20)21)15(19)12-7-3-2-4-8-12/h2-10,16H,1H3,(H2,17,20,21). The summed E-state index contributed by atoms with van der Waals surface area (Å²) < 4.78 is 23.9. The lowest BCUT2D eigenvalue weighted by atomic mass is 9.96. The summed E-state index contributed by atoms with van der Waals surface area (Å²) in [7, 11) is -4.22. The fourth-order valence-electron chi connectivity index (χ4n) is 2.27. The number of rotatable bonds is 5. The summed E-state index contributed by atoms with van der Waals surface area (Å²) in [4.78, 5) is 24.3. The average molecular weight is 317 g/mol. The molecular weight excluding hydrogens is 302 g/mol. The number of Topliss-reactive ketones (excluding diaryl/α,β-unsaturated/α-hetero) is 2. The molecule has 0 fully saturated rings. The van der Waals surface area contributed by atoms with Crippen molar-refractivity contribution in [3.8, 4) is 0 Å². The van der Waals surface area contributed by atoms with Crippen molar-refractivity contribution in [2.45, 2.75) is 12.2 Å². The first-order valence-electron chi connectivity index (χ1n) is 6.53. The zero-order chi connectivity index (χ0) is 16.3. The highest BCUT2D eigenvalue weighted by Crippen LogP contribution is 2.28. The van der Waals surface area contributed by atoms with E-state index in [-0.39, 0.29) is 22.5 Å². The van der Waals surface area contributed by atoms with Crippen LogP contribution in [-0.2, 0) is 10.0 Å². The number of carbonyl (C=O) groups excluding carboxylic acids is 2. The second-order valence-electron chi connectivity index (χ2n) is 4.84. The van der Waals surface area contributed by atoms with Gasteiger partial charge in [-0.1, -0.05) is 54.6 Å². The van der Waals surface area contributed by atoms with Crippen LogP contribution in [0.4, 0.5) is 0 Å². The molecule has 22 heavy (non-hydrogen) atoms. The van der Waals surface area contributed by atoms with Gasteiger partial charge in [0.05, 0.1) is 0 Å². The fourth-order valence-corrected chi connectivity index (χ4v) is 3.26. The van der Waals surface area contributed by atoms with Gasteiger partial charge < -0.3 is 0 Å². The Morgan fingerprint density at radius 2 is 1.50 bits per heavy atom. The third-order valence-corrected chi connectivity index (χ3v) is 4.37. The van der Waals surface area contributed by atoms with E-state index in [2.05, 4.69) is 0 Å². The highest BCUT2D eigenvalue weighted by Gasteiger charge is 2.34. The maximum atomic E-state index is 12.6. The minimum absolute atomic E-state index is 0.103. The number of hydrogen-bond acceptors (Lipinski definition) is 4. The molecular formula is C16H15NO4S. The number of hydrogen-bond donors (Lipinski definition) is 1. The van der Waals surface area contributed by atoms with E-state index in [1.807, 2.05) is 0 Å².